The van der Waals surface area contributed by atoms with Gasteiger partial charge in [0.2, 0.25) is 0 Å². The molecule has 0 radical (unpaired) electrons. The van der Waals surface area contributed by atoms with Crippen molar-refractivity contribution in [3.63, 3.8) is 0 Å². The first-order chi connectivity index (χ1) is 8.24. The molecule has 3 nitrogen and oxygen atoms in total. The van der Waals surface area contributed by atoms with Gasteiger partial charge in [-0.3, -0.25) is 0 Å². The van der Waals surface area contributed by atoms with Crippen LogP contribution in [0.2, 0.25) is 0 Å². The third-order valence-electron chi connectivity index (χ3n) is 2.27. The van der Waals surface area contributed by atoms with Crippen LogP contribution in [0.5, 0.6) is 5.75 Å². The molecule has 17 heavy (non-hydrogen) atoms. The van der Waals surface area contributed by atoms with Crippen LogP contribution in [0.15, 0.2) is 47.1 Å². The van der Waals surface area contributed by atoms with Crippen LogP contribution < -0.4 is 10.1 Å². The van der Waals surface area contributed by atoms with E-state index in [0.29, 0.717) is 6.54 Å². The van der Waals surface area contributed by atoms with Crippen LogP contribution >= 0.6 is 0 Å². The van der Waals surface area contributed by atoms with E-state index in [1.54, 1.807) is 6.26 Å². The maximum absolute atomic E-state index is 5.57. The Morgan fingerprint density at radius 2 is 1.94 bits per heavy atom. The summed E-state index contributed by atoms with van der Waals surface area (Å²) >= 11 is 0. The highest BCUT2D eigenvalue weighted by Crippen LogP contribution is 2.17. The van der Waals surface area contributed by atoms with Crippen LogP contribution in [-0.2, 0) is 6.54 Å². The summed E-state index contributed by atoms with van der Waals surface area (Å²) in [7, 11) is 0. The first kappa shape index (κ1) is 11.6. The van der Waals surface area contributed by atoms with Gasteiger partial charge in [0.15, 0.2) is 0 Å². The van der Waals surface area contributed by atoms with Crippen molar-refractivity contribution >= 4 is 5.69 Å². The molecule has 0 bridgehead atoms. The van der Waals surface area contributed by atoms with Gasteiger partial charge in [-0.1, -0.05) is 0 Å². The summed E-state index contributed by atoms with van der Waals surface area (Å²) in [5.74, 6) is 1.82. The molecule has 0 fully saturated rings. The van der Waals surface area contributed by atoms with Crippen LogP contribution in [0, 0.1) is 0 Å². The van der Waals surface area contributed by atoms with Crippen molar-refractivity contribution in [2.75, 3.05) is 5.32 Å². The zero-order valence-electron chi connectivity index (χ0n) is 10.1. The molecule has 0 saturated heterocycles. The molecule has 0 aliphatic heterocycles. The molecule has 0 aliphatic carbocycles. The van der Waals surface area contributed by atoms with E-state index in [1.807, 2.05) is 50.2 Å². The van der Waals surface area contributed by atoms with E-state index >= 15 is 0 Å². The molecule has 0 aliphatic rings. The largest absolute Gasteiger partial charge is 0.491 e. The number of anilines is 1. The highest BCUT2D eigenvalue weighted by molar-refractivity contribution is 5.46. The molecule has 3 heteroatoms. The normalized spacial score (nSPS) is 10.5. The average molecular weight is 231 g/mol. The Bertz CT molecular complexity index is 432. The van der Waals surface area contributed by atoms with Crippen molar-refractivity contribution in [1.29, 1.82) is 0 Å². The molecule has 2 rings (SSSR count). The van der Waals surface area contributed by atoms with E-state index in [-0.39, 0.29) is 6.10 Å². The fourth-order valence-electron chi connectivity index (χ4n) is 1.53. The van der Waals surface area contributed by atoms with Gasteiger partial charge < -0.3 is 14.5 Å². The number of nitrogens with one attached hydrogen (secondary N) is 1. The number of hydrogen-bond acceptors (Lipinski definition) is 3. The summed E-state index contributed by atoms with van der Waals surface area (Å²) in [6.07, 6.45) is 1.88. The van der Waals surface area contributed by atoms with Crippen molar-refractivity contribution in [1.82, 2.24) is 0 Å². The Morgan fingerprint density at radius 3 is 2.53 bits per heavy atom. The molecule has 1 aromatic heterocycles. The molecular weight excluding hydrogens is 214 g/mol. The van der Waals surface area contributed by atoms with Gasteiger partial charge in [0.05, 0.1) is 18.9 Å². The van der Waals surface area contributed by atoms with Crippen LogP contribution in [0.4, 0.5) is 5.69 Å². The van der Waals surface area contributed by atoms with E-state index in [0.717, 1.165) is 17.2 Å². The number of rotatable bonds is 5. The smallest absolute Gasteiger partial charge is 0.122 e. The lowest BCUT2D eigenvalue weighted by Gasteiger charge is -2.10. The summed E-state index contributed by atoms with van der Waals surface area (Å²) in [6, 6.07) is 11.8. The van der Waals surface area contributed by atoms with Crippen molar-refractivity contribution in [3.8, 4) is 5.75 Å². The highest BCUT2D eigenvalue weighted by atomic mass is 16.5. The van der Waals surface area contributed by atoms with Crippen molar-refractivity contribution in [2.24, 2.45) is 0 Å². The van der Waals surface area contributed by atoms with Crippen LogP contribution in [0.25, 0.3) is 0 Å². The van der Waals surface area contributed by atoms with Gasteiger partial charge in [-0.25, -0.2) is 0 Å². The molecule has 0 spiro atoms. The molecule has 90 valence electrons. The molecule has 0 atom stereocenters. The van der Waals surface area contributed by atoms with Crippen molar-refractivity contribution in [2.45, 2.75) is 26.5 Å². The predicted molar refractivity (Wildman–Crippen MR) is 68.2 cm³/mol. The van der Waals surface area contributed by atoms with Crippen LogP contribution in [0.1, 0.15) is 19.6 Å². The minimum absolute atomic E-state index is 0.205. The maximum Gasteiger partial charge on any atom is 0.122 e. The lowest BCUT2D eigenvalue weighted by Crippen LogP contribution is -2.05. The standard InChI is InChI=1S/C14H17NO2/c1-11(2)17-13-7-5-12(6-8-13)15-10-14-4-3-9-16-14/h3-9,11,15H,10H2,1-2H3. The van der Waals surface area contributed by atoms with Gasteiger partial charge in [0.25, 0.3) is 0 Å². The minimum atomic E-state index is 0.205. The molecule has 1 N–H and O–H groups in total. The molecular formula is C14H17NO2. The zero-order valence-corrected chi connectivity index (χ0v) is 10.1. The first-order valence-electron chi connectivity index (χ1n) is 5.77. The first-order valence-corrected chi connectivity index (χ1v) is 5.77. The van der Waals surface area contributed by atoms with Crippen molar-refractivity contribution < 1.29 is 9.15 Å². The monoisotopic (exact) mass is 231 g/mol. The van der Waals surface area contributed by atoms with Crippen molar-refractivity contribution in [3.05, 3.63) is 48.4 Å². The van der Waals surface area contributed by atoms with Gasteiger partial charge >= 0.3 is 0 Å². The van der Waals surface area contributed by atoms with Gasteiger partial charge in [-0.05, 0) is 50.2 Å². The third kappa shape index (κ3) is 3.55. The zero-order chi connectivity index (χ0) is 12.1. The molecule has 0 unspecified atom stereocenters. The molecule has 2 aromatic rings. The molecule has 0 saturated carbocycles. The Hall–Kier alpha value is -1.90. The molecule has 1 heterocycles. The van der Waals surface area contributed by atoms with Crippen LogP contribution in [0.3, 0.4) is 0 Å². The lowest BCUT2D eigenvalue weighted by molar-refractivity contribution is 0.242. The average Bonchev–Trinajstić information content (AvgIpc) is 2.80. The fraction of sp³-hybridized carbons (Fsp3) is 0.286. The number of benzene rings is 1. The third-order valence-corrected chi connectivity index (χ3v) is 2.27. The summed E-state index contributed by atoms with van der Waals surface area (Å²) in [4.78, 5) is 0. The second-order valence-corrected chi connectivity index (χ2v) is 4.12. The summed E-state index contributed by atoms with van der Waals surface area (Å²) in [6.45, 7) is 4.73. The Kier molecular flexibility index (Phi) is 3.70. The Balaban J connectivity index is 1.89. The van der Waals surface area contributed by atoms with Crippen LogP contribution in [-0.4, -0.2) is 6.10 Å². The second-order valence-electron chi connectivity index (χ2n) is 4.12. The highest BCUT2D eigenvalue weighted by Gasteiger charge is 1.99. The van der Waals surface area contributed by atoms with Gasteiger partial charge in [-0.2, -0.15) is 0 Å². The van der Waals surface area contributed by atoms with E-state index < -0.39 is 0 Å². The van der Waals surface area contributed by atoms with Gasteiger partial charge in [-0.15, -0.1) is 0 Å². The quantitative estimate of drug-likeness (QED) is 0.852. The predicted octanol–water partition coefficient (Wildman–Crippen LogP) is 3.68. The topological polar surface area (TPSA) is 34.4 Å². The summed E-state index contributed by atoms with van der Waals surface area (Å²) in [5, 5.41) is 3.28. The van der Waals surface area contributed by atoms with E-state index in [9.17, 15) is 0 Å². The summed E-state index contributed by atoms with van der Waals surface area (Å²) < 4.78 is 10.8. The summed E-state index contributed by atoms with van der Waals surface area (Å²) in [5.41, 5.74) is 1.05. The second kappa shape index (κ2) is 5.43. The maximum atomic E-state index is 5.57. The van der Waals surface area contributed by atoms with Gasteiger partial charge in [0, 0.05) is 5.69 Å². The van der Waals surface area contributed by atoms with Gasteiger partial charge in [0.1, 0.15) is 11.5 Å². The molecule has 1 aromatic carbocycles. The Labute approximate surface area is 101 Å². The van der Waals surface area contributed by atoms with E-state index in [4.69, 9.17) is 9.15 Å². The van der Waals surface area contributed by atoms with E-state index in [2.05, 4.69) is 5.32 Å². The minimum Gasteiger partial charge on any atom is -0.491 e. The molecule has 0 amide bonds. The Morgan fingerprint density at radius 1 is 1.18 bits per heavy atom. The number of hydrogen-bond donors (Lipinski definition) is 1. The SMILES string of the molecule is CC(C)Oc1ccc(NCc2ccco2)cc1. The lowest BCUT2D eigenvalue weighted by atomic mass is 10.3. The fourth-order valence-corrected chi connectivity index (χ4v) is 1.53. The van der Waals surface area contributed by atoms with E-state index in [1.165, 1.54) is 0 Å². The number of ether oxygens (including phenoxy) is 1. The number of furan rings is 1.